The number of fused-ring (bicyclic) bond motifs is 1. The van der Waals surface area contributed by atoms with Crippen molar-refractivity contribution >= 4 is 28.5 Å². The fourth-order valence-electron chi connectivity index (χ4n) is 1.65. The average molecular weight is 259 g/mol. The van der Waals surface area contributed by atoms with Crippen LogP contribution in [0.5, 0.6) is 0 Å². The Balaban J connectivity index is 2.35. The summed E-state index contributed by atoms with van der Waals surface area (Å²) in [6, 6.07) is 7.61. The molecule has 0 aliphatic carbocycles. The zero-order valence-corrected chi connectivity index (χ0v) is 10.3. The number of carboxylic acids is 1. The summed E-state index contributed by atoms with van der Waals surface area (Å²) in [7, 11) is 0. The molecule has 0 aliphatic heterocycles. The number of hydrogen-bond acceptors (Lipinski definition) is 4. The number of carbonyl (C=O) groups is 2. The molecule has 2 aromatic rings. The van der Waals surface area contributed by atoms with Crippen LogP contribution in [0.3, 0.4) is 0 Å². The van der Waals surface area contributed by atoms with Crippen LogP contribution in [0.4, 0.5) is 5.69 Å². The second-order valence-electron chi connectivity index (χ2n) is 4.15. The van der Waals surface area contributed by atoms with E-state index in [4.69, 9.17) is 10.8 Å². The Hall–Kier alpha value is -2.63. The second-order valence-corrected chi connectivity index (χ2v) is 4.15. The molecule has 1 heterocycles. The lowest BCUT2D eigenvalue weighted by Gasteiger charge is -2.10. The van der Waals surface area contributed by atoms with Gasteiger partial charge in [-0.2, -0.15) is 0 Å². The van der Waals surface area contributed by atoms with E-state index in [0.717, 1.165) is 5.39 Å². The number of carbonyl (C=O) groups excluding carboxylic acids is 1. The molecule has 98 valence electrons. The lowest BCUT2D eigenvalue weighted by atomic mass is 10.1. The molecular formula is C13H13N3O3. The molecule has 0 saturated heterocycles. The number of nitrogens with two attached hydrogens (primary N) is 1. The molecule has 19 heavy (non-hydrogen) atoms. The molecule has 0 aliphatic rings. The molecule has 0 unspecified atom stereocenters. The first-order valence-electron chi connectivity index (χ1n) is 5.68. The second kappa shape index (κ2) is 4.93. The first-order chi connectivity index (χ1) is 8.99. The number of benzene rings is 1. The first-order valence-corrected chi connectivity index (χ1v) is 5.68. The fourth-order valence-corrected chi connectivity index (χ4v) is 1.65. The van der Waals surface area contributed by atoms with Crippen LogP contribution in [0.15, 0.2) is 30.3 Å². The highest BCUT2D eigenvalue weighted by Crippen LogP contribution is 2.19. The number of pyridine rings is 1. The standard InChI is InChI=1S/C13H13N3O3/c1-7(13(18)19)15-12(17)11-6-9(14)8-4-2-3-5-10(8)16-11/h2-7H,1H3,(H2,14,16)(H,15,17)(H,18,19)/t7-/m1/s1. The number of anilines is 1. The smallest absolute Gasteiger partial charge is 0.325 e. The summed E-state index contributed by atoms with van der Waals surface area (Å²) in [4.78, 5) is 26.7. The Morgan fingerprint density at radius 1 is 1.37 bits per heavy atom. The Morgan fingerprint density at radius 2 is 2.05 bits per heavy atom. The van der Waals surface area contributed by atoms with E-state index in [1.165, 1.54) is 13.0 Å². The molecule has 1 atom stereocenters. The Labute approximate surface area is 109 Å². The van der Waals surface area contributed by atoms with Crippen molar-refractivity contribution in [2.75, 3.05) is 5.73 Å². The highest BCUT2D eigenvalue weighted by atomic mass is 16.4. The lowest BCUT2D eigenvalue weighted by molar-refractivity contribution is -0.138. The molecule has 6 nitrogen and oxygen atoms in total. The normalized spacial score (nSPS) is 12.1. The zero-order valence-electron chi connectivity index (χ0n) is 10.3. The molecule has 1 amide bonds. The van der Waals surface area contributed by atoms with Crippen molar-refractivity contribution < 1.29 is 14.7 Å². The maximum absolute atomic E-state index is 11.9. The minimum atomic E-state index is -1.11. The maximum Gasteiger partial charge on any atom is 0.325 e. The van der Waals surface area contributed by atoms with Crippen LogP contribution in [-0.4, -0.2) is 28.0 Å². The number of nitrogens with zero attached hydrogens (tertiary/aromatic N) is 1. The van der Waals surface area contributed by atoms with Gasteiger partial charge in [-0.05, 0) is 19.1 Å². The van der Waals surface area contributed by atoms with Crippen LogP contribution in [0, 0.1) is 0 Å². The molecule has 1 aromatic carbocycles. The maximum atomic E-state index is 11.9. The largest absolute Gasteiger partial charge is 0.480 e. The SMILES string of the molecule is C[C@@H](NC(=O)c1cc(N)c2ccccc2n1)C(=O)O. The number of hydrogen-bond donors (Lipinski definition) is 3. The van der Waals surface area contributed by atoms with Crippen LogP contribution < -0.4 is 11.1 Å². The minimum absolute atomic E-state index is 0.101. The van der Waals surface area contributed by atoms with Crippen molar-refractivity contribution in [3.05, 3.63) is 36.0 Å². The topological polar surface area (TPSA) is 105 Å². The van der Waals surface area contributed by atoms with Crippen LogP contribution in [0.1, 0.15) is 17.4 Å². The van der Waals surface area contributed by atoms with Gasteiger partial charge in [0.05, 0.1) is 5.52 Å². The summed E-state index contributed by atoms with van der Waals surface area (Å²) in [6.45, 7) is 1.38. The van der Waals surface area contributed by atoms with Crippen molar-refractivity contribution in [1.29, 1.82) is 0 Å². The highest BCUT2D eigenvalue weighted by Gasteiger charge is 2.17. The van der Waals surface area contributed by atoms with Gasteiger partial charge in [0.1, 0.15) is 11.7 Å². The molecular weight excluding hydrogens is 246 g/mol. The van der Waals surface area contributed by atoms with E-state index in [9.17, 15) is 9.59 Å². The van der Waals surface area contributed by atoms with Gasteiger partial charge in [-0.15, -0.1) is 0 Å². The summed E-state index contributed by atoms with van der Waals surface area (Å²) in [5.74, 6) is -1.67. The van der Waals surface area contributed by atoms with E-state index in [0.29, 0.717) is 11.2 Å². The predicted molar refractivity (Wildman–Crippen MR) is 70.7 cm³/mol. The highest BCUT2D eigenvalue weighted by molar-refractivity contribution is 6.00. The quantitative estimate of drug-likeness (QED) is 0.763. The predicted octanol–water partition coefficient (Wildman–Crippen LogP) is 1.02. The van der Waals surface area contributed by atoms with Gasteiger partial charge in [0, 0.05) is 11.1 Å². The van der Waals surface area contributed by atoms with Crippen molar-refractivity contribution in [3.8, 4) is 0 Å². The van der Waals surface area contributed by atoms with Crippen molar-refractivity contribution in [3.63, 3.8) is 0 Å². The lowest BCUT2D eigenvalue weighted by Crippen LogP contribution is -2.38. The van der Waals surface area contributed by atoms with E-state index in [-0.39, 0.29) is 5.69 Å². The van der Waals surface area contributed by atoms with Gasteiger partial charge in [0.2, 0.25) is 0 Å². The summed E-state index contributed by atoms with van der Waals surface area (Å²) >= 11 is 0. The van der Waals surface area contributed by atoms with E-state index in [1.807, 2.05) is 6.07 Å². The molecule has 6 heteroatoms. The van der Waals surface area contributed by atoms with Gasteiger partial charge >= 0.3 is 5.97 Å². The van der Waals surface area contributed by atoms with Gasteiger partial charge in [-0.25, -0.2) is 4.98 Å². The van der Waals surface area contributed by atoms with Crippen LogP contribution in [0.25, 0.3) is 10.9 Å². The summed E-state index contributed by atoms with van der Waals surface area (Å²) in [5.41, 5.74) is 6.97. The number of rotatable bonds is 3. The summed E-state index contributed by atoms with van der Waals surface area (Å²) in [6.07, 6.45) is 0. The molecule has 0 radical (unpaired) electrons. The van der Waals surface area contributed by atoms with Crippen molar-refractivity contribution in [1.82, 2.24) is 10.3 Å². The third-order valence-corrected chi connectivity index (χ3v) is 2.70. The van der Waals surface area contributed by atoms with Gasteiger partial charge in [-0.3, -0.25) is 9.59 Å². The van der Waals surface area contributed by atoms with Crippen molar-refractivity contribution in [2.45, 2.75) is 13.0 Å². The molecule has 0 bridgehead atoms. The molecule has 2 rings (SSSR count). The number of para-hydroxylation sites is 1. The third-order valence-electron chi connectivity index (χ3n) is 2.70. The van der Waals surface area contributed by atoms with Crippen LogP contribution >= 0.6 is 0 Å². The Morgan fingerprint density at radius 3 is 2.74 bits per heavy atom. The number of amides is 1. The third kappa shape index (κ3) is 2.62. The Kier molecular flexibility index (Phi) is 3.33. The molecule has 0 fully saturated rings. The first kappa shape index (κ1) is 12.8. The monoisotopic (exact) mass is 259 g/mol. The summed E-state index contributed by atoms with van der Waals surface area (Å²) in [5, 5.41) is 11.8. The minimum Gasteiger partial charge on any atom is -0.480 e. The average Bonchev–Trinajstić information content (AvgIpc) is 2.38. The van der Waals surface area contributed by atoms with Gasteiger partial charge in [-0.1, -0.05) is 18.2 Å². The zero-order chi connectivity index (χ0) is 14.0. The van der Waals surface area contributed by atoms with Crippen LogP contribution in [0.2, 0.25) is 0 Å². The van der Waals surface area contributed by atoms with Gasteiger partial charge in [0.25, 0.3) is 5.91 Å². The molecule has 4 N–H and O–H groups in total. The molecule has 0 saturated carbocycles. The summed E-state index contributed by atoms with van der Waals surface area (Å²) < 4.78 is 0. The number of aromatic nitrogens is 1. The molecule has 1 aromatic heterocycles. The number of aliphatic carboxylic acids is 1. The fraction of sp³-hybridized carbons (Fsp3) is 0.154. The Bertz CT molecular complexity index is 655. The van der Waals surface area contributed by atoms with Gasteiger partial charge in [0.15, 0.2) is 0 Å². The number of carboxylic acid groups (broad SMARTS) is 1. The van der Waals surface area contributed by atoms with E-state index >= 15 is 0 Å². The number of nitrogen functional groups attached to an aromatic ring is 1. The van der Waals surface area contributed by atoms with Crippen LogP contribution in [-0.2, 0) is 4.79 Å². The van der Waals surface area contributed by atoms with Gasteiger partial charge < -0.3 is 16.2 Å². The van der Waals surface area contributed by atoms with E-state index in [1.54, 1.807) is 18.2 Å². The number of nitrogens with one attached hydrogen (secondary N) is 1. The van der Waals surface area contributed by atoms with E-state index in [2.05, 4.69) is 10.3 Å². The molecule has 0 spiro atoms. The van der Waals surface area contributed by atoms with E-state index < -0.39 is 17.9 Å². The van der Waals surface area contributed by atoms with Crippen molar-refractivity contribution in [2.24, 2.45) is 0 Å².